The number of epoxide rings is 1. The van der Waals surface area contributed by atoms with E-state index in [2.05, 4.69) is 24.5 Å². The van der Waals surface area contributed by atoms with Gasteiger partial charge in [-0.3, -0.25) is 4.90 Å². The number of allylic oxidation sites excluding steroid dienone is 1. The molecule has 172 valence electrons. The van der Waals surface area contributed by atoms with E-state index in [0.717, 1.165) is 70.5 Å². The maximum absolute atomic E-state index is 12.1. The standard InChI is InChI=1S/C23H34N2O6/c1-16-18-7-6-17(5-3-8-23(2)20(31-23)19(18)30-21(16)26)15-25(22(27)28)10-4-9-24-11-13-29-14-12-24/h5,18-20H,1,3-4,6-15H2,2H3,(H,27,28)/b17-5+/t18-,19-,20-,23+/m0/s1. The summed E-state index contributed by atoms with van der Waals surface area (Å²) >= 11 is 0. The lowest BCUT2D eigenvalue weighted by Crippen LogP contribution is -2.39. The second kappa shape index (κ2) is 9.30. The Morgan fingerprint density at radius 3 is 2.90 bits per heavy atom. The van der Waals surface area contributed by atoms with Crippen LogP contribution >= 0.6 is 0 Å². The van der Waals surface area contributed by atoms with Crippen molar-refractivity contribution in [3.63, 3.8) is 0 Å². The molecule has 4 rings (SSSR count). The Labute approximate surface area is 183 Å². The van der Waals surface area contributed by atoms with E-state index in [1.807, 2.05) is 0 Å². The fourth-order valence-electron chi connectivity index (χ4n) is 5.06. The molecule has 0 bridgehead atoms. The van der Waals surface area contributed by atoms with Crippen LogP contribution in [0.3, 0.4) is 0 Å². The van der Waals surface area contributed by atoms with Gasteiger partial charge in [0.1, 0.15) is 12.2 Å². The van der Waals surface area contributed by atoms with E-state index in [1.165, 1.54) is 4.90 Å². The van der Waals surface area contributed by atoms with Gasteiger partial charge in [-0.2, -0.15) is 0 Å². The monoisotopic (exact) mass is 434 g/mol. The van der Waals surface area contributed by atoms with Crippen molar-refractivity contribution in [1.29, 1.82) is 0 Å². The smallest absolute Gasteiger partial charge is 0.407 e. The topological polar surface area (TPSA) is 91.8 Å². The van der Waals surface area contributed by atoms with Crippen LogP contribution in [0.4, 0.5) is 4.79 Å². The Bertz CT molecular complexity index is 746. The fourth-order valence-corrected chi connectivity index (χ4v) is 5.06. The molecule has 0 aromatic rings. The summed E-state index contributed by atoms with van der Waals surface area (Å²) in [6.07, 6.45) is 4.86. The quantitative estimate of drug-likeness (QED) is 0.297. The number of carbonyl (C=O) groups excluding carboxylic acids is 1. The number of carboxylic acid groups (broad SMARTS) is 1. The minimum Gasteiger partial charge on any atom is -0.465 e. The minimum absolute atomic E-state index is 0.0636. The third-order valence-corrected chi connectivity index (χ3v) is 7.11. The first-order chi connectivity index (χ1) is 14.9. The largest absolute Gasteiger partial charge is 0.465 e. The van der Waals surface area contributed by atoms with Gasteiger partial charge in [0, 0.05) is 44.2 Å². The van der Waals surface area contributed by atoms with Crippen molar-refractivity contribution < 1.29 is 28.9 Å². The summed E-state index contributed by atoms with van der Waals surface area (Å²) in [6, 6.07) is 0. The summed E-state index contributed by atoms with van der Waals surface area (Å²) in [6.45, 7) is 11.1. The Kier molecular flexibility index (Phi) is 6.69. The number of amides is 1. The van der Waals surface area contributed by atoms with Gasteiger partial charge in [0.2, 0.25) is 0 Å². The van der Waals surface area contributed by atoms with Crippen LogP contribution in [-0.4, -0.2) is 90.7 Å². The van der Waals surface area contributed by atoms with Crippen LogP contribution in [-0.2, 0) is 19.0 Å². The van der Waals surface area contributed by atoms with Crippen molar-refractivity contribution >= 4 is 12.1 Å². The van der Waals surface area contributed by atoms with Gasteiger partial charge in [-0.15, -0.1) is 0 Å². The first-order valence-electron chi connectivity index (χ1n) is 11.4. The molecule has 31 heavy (non-hydrogen) atoms. The fraction of sp³-hybridized carbons (Fsp3) is 0.739. The molecule has 3 aliphatic heterocycles. The molecular weight excluding hydrogens is 400 g/mol. The van der Waals surface area contributed by atoms with Gasteiger partial charge < -0.3 is 24.2 Å². The van der Waals surface area contributed by atoms with Gasteiger partial charge in [-0.1, -0.05) is 18.2 Å². The Balaban J connectivity index is 1.37. The second-order valence-corrected chi connectivity index (χ2v) is 9.30. The maximum atomic E-state index is 12.1. The van der Waals surface area contributed by atoms with Crippen LogP contribution < -0.4 is 0 Å². The summed E-state index contributed by atoms with van der Waals surface area (Å²) in [5, 5.41) is 9.75. The summed E-state index contributed by atoms with van der Waals surface area (Å²) < 4.78 is 16.9. The van der Waals surface area contributed by atoms with Crippen LogP contribution in [0, 0.1) is 5.92 Å². The lowest BCUT2D eigenvalue weighted by Gasteiger charge is -2.28. The molecule has 3 saturated heterocycles. The molecule has 0 unspecified atom stereocenters. The van der Waals surface area contributed by atoms with Crippen LogP contribution in [0.15, 0.2) is 23.8 Å². The van der Waals surface area contributed by atoms with Gasteiger partial charge in [-0.25, -0.2) is 9.59 Å². The number of fused-ring (bicyclic) bond motifs is 3. The van der Waals surface area contributed by atoms with Gasteiger partial charge in [0.15, 0.2) is 0 Å². The molecule has 8 nitrogen and oxygen atoms in total. The van der Waals surface area contributed by atoms with E-state index in [0.29, 0.717) is 18.7 Å². The summed E-state index contributed by atoms with van der Waals surface area (Å²) in [5.74, 6) is -0.395. The Morgan fingerprint density at radius 2 is 2.16 bits per heavy atom. The summed E-state index contributed by atoms with van der Waals surface area (Å²) in [4.78, 5) is 27.8. The molecule has 1 N–H and O–H groups in total. The van der Waals surface area contributed by atoms with E-state index in [-0.39, 0.29) is 29.7 Å². The third-order valence-electron chi connectivity index (χ3n) is 7.11. The van der Waals surface area contributed by atoms with Crippen molar-refractivity contribution in [1.82, 2.24) is 9.80 Å². The Morgan fingerprint density at radius 1 is 1.39 bits per heavy atom. The first kappa shape index (κ1) is 22.3. The minimum atomic E-state index is -0.890. The van der Waals surface area contributed by atoms with Gasteiger partial charge in [0.05, 0.1) is 18.8 Å². The van der Waals surface area contributed by atoms with E-state index in [1.54, 1.807) is 0 Å². The predicted molar refractivity (Wildman–Crippen MR) is 114 cm³/mol. The van der Waals surface area contributed by atoms with E-state index in [9.17, 15) is 14.7 Å². The van der Waals surface area contributed by atoms with Gasteiger partial charge >= 0.3 is 12.1 Å². The van der Waals surface area contributed by atoms with Crippen LogP contribution in [0.5, 0.6) is 0 Å². The molecule has 0 aromatic carbocycles. The number of hydrogen-bond acceptors (Lipinski definition) is 6. The third kappa shape index (κ3) is 5.13. The molecule has 4 aliphatic rings. The van der Waals surface area contributed by atoms with Crippen molar-refractivity contribution in [2.45, 2.75) is 56.8 Å². The zero-order chi connectivity index (χ0) is 22.0. The summed E-state index contributed by atoms with van der Waals surface area (Å²) in [7, 11) is 0. The zero-order valence-corrected chi connectivity index (χ0v) is 18.4. The zero-order valence-electron chi connectivity index (χ0n) is 18.4. The van der Waals surface area contributed by atoms with Crippen molar-refractivity contribution in [3.8, 4) is 0 Å². The van der Waals surface area contributed by atoms with Crippen LogP contribution in [0.25, 0.3) is 0 Å². The molecule has 8 heteroatoms. The number of carbonyl (C=O) groups is 2. The maximum Gasteiger partial charge on any atom is 0.407 e. The average molecular weight is 435 g/mol. The number of rotatable bonds is 6. The second-order valence-electron chi connectivity index (χ2n) is 9.30. The lowest BCUT2D eigenvalue weighted by atomic mass is 9.84. The SMILES string of the molecule is C=C1C(=O)O[C@H]2[C@H]1CC/C(CN(CCCN1CCOCC1)C(=O)O)=C\CC[C@@]1(C)O[C@@H]21. The van der Waals surface area contributed by atoms with E-state index in [4.69, 9.17) is 14.2 Å². The normalized spacial score (nSPS) is 35.4. The molecule has 3 fully saturated rings. The first-order valence-corrected chi connectivity index (χ1v) is 11.4. The van der Waals surface area contributed by atoms with Crippen molar-refractivity contribution in [2.24, 2.45) is 5.92 Å². The highest BCUT2D eigenvalue weighted by molar-refractivity contribution is 5.91. The van der Waals surface area contributed by atoms with E-state index < -0.39 is 6.09 Å². The highest BCUT2D eigenvalue weighted by Crippen LogP contribution is 2.49. The number of esters is 1. The van der Waals surface area contributed by atoms with Crippen LogP contribution in [0.2, 0.25) is 0 Å². The highest BCUT2D eigenvalue weighted by atomic mass is 16.6. The molecule has 0 radical (unpaired) electrons. The molecule has 4 atom stereocenters. The lowest BCUT2D eigenvalue weighted by molar-refractivity contribution is -0.140. The van der Waals surface area contributed by atoms with Gasteiger partial charge in [0.25, 0.3) is 0 Å². The van der Waals surface area contributed by atoms with Gasteiger partial charge in [-0.05, 0) is 39.0 Å². The van der Waals surface area contributed by atoms with Crippen LogP contribution in [0.1, 0.15) is 39.0 Å². The van der Waals surface area contributed by atoms with Crippen molar-refractivity contribution in [3.05, 3.63) is 23.8 Å². The number of nitrogens with zero attached hydrogens (tertiary/aromatic N) is 2. The predicted octanol–water partition coefficient (Wildman–Crippen LogP) is 2.44. The van der Waals surface area contributed by atoms with E-state index >= 15 is 0 Å². The molecule has 3 heterocycles. The number of ether oxygens (including phenoxy) is 3. The summed E-state index contributed by atoms with van der Waals surface area (Å²) in [5.41, 5.74) is 1.34. The molecule has 0 aromatic heterocycles. The highest BCUT2D eigenvalue weighted by Gasteiger charge is 2.61. The number of hydrogen-bond donors (Lipinski definition) is 1. The molecule has 0 spiro atoms. The molecule has 1 amide bonds. The molecule has 0 saturated carbocycles. The van der Waals surface area contributed by atoms with Crippen molar-refractivity contribution in [2.75, 3.05) is 45.9 Å². The molecular formula is C23H34N2O6. The Hall–Kier alpha value is -1.90. The number of morpholine rings is 1. The molecule has 1 aliphatic carbocycles. The average Bonchev–Trinajstić information content (AvgIpc) is 3.33.